The first-order valence-electron chi connectivity index (χ1n) is 10.1. The number of carbonyl (C=O) groups is 1. The van der Waals surface area contributed by atoms with Crippen molar-refractivity contribution in [2.75, 3.05) is 6.54 Å². The number of hydrogen-bond acceptors (Lipinski definition) is 3. The maximum Gasteiger partial charge on any atom is 0.234 e. The largest absolute Gasteiger partial charge is 0.337 e. The fourth-order valence-corrected chi connectivity index (χ4v) is 4.33. The van der Waals surface area contributed by atoms with Crippen molar-refractivity contribution >= 4 is 17.2 Å². The van der Waals surface area contributed by atoms with Crippen LogP contribution in [-0.4, -0.2) is 22.3 Å². The van der Waals surface area contributed by atoms with E-state index >= 15 is 0 Å². The van der Waals surface area contributed by atoms with Gasteiger partial charge >= 0.3 is 0 Å². The van der Waals surface area contributed by atoms with E-state index in [1.807, 2.05) is 83.9 Å². The maximum atomic E-state index is 13.9. The van der Waals surface area contributed by atoms with Gasteiger partial charge in [-0.1, -0.05) is 72.8 Å². The van der Waals surface area contributed by atoms with Crippen molar-refractivity contribution < 1.29 is 4.79 Å². The highest BCUT2D eigenvalue weighted by atomic mass is 32.1. The van der Waals surface area contributed by atoms with Crippen LogP contribution in [0.5, 0.6) is 0 Å². The van der Waals surface area contributed by atoms with Crippen LogP contribution < -0.4 is 0 Å². The van der Waals surface area contributed by atoms with Crippen LogP contribution in [0.2, 0.25) is 0 Å². The molecule has 0 spiro atoms. The number of pyridine rings is 1. The first-order valence-corrected chi connectivity index (χ1v) is 11.0. The summed E-state index contributed by atoms with van der Waals surface area (Å²) in [5, 5.41) is 2.08. The molecule has 4 rings (SSSR count). The molecule has 0 radical (unpaired) electrons. The molecule has 0 saturated carbocycles. The van der Waals surface area contributed by atoms with Gasteiger partial charge in [0.15, 0.2) is 0 Å². The smallest absolute Gasteiger partial charge is 0.234 e. The number of aromatic nitrogens is 1. The van der Waals surface area contributed by atoms with Gasteiger partial charge in [-0.05, 0) is 40.6 Å². The number of benzene rings is 2. The molecule has 30 heavy (non-hydrogen) atoms. The third-order valence-electron chi connectivity index (χ3n) is 5.13. The Kier molecular flexibility index (Phi) is 6.68. The zero-order valence-corrected chi connectivity index (χ0v) is 17.5. The van der Waals surface area contributed by atoms with E-state index < -0.39 is 0 Å². The predicted molar refractivity (Wildman–Crippen MR) is 122 cm³/mol. The molecular weight excluding hydrogens is 388 g/mol. The highest BCUT2D eigenvalue weighted by Crippen LogP contribution is 2.28. The molecule has 0 aliphatic heterocycles. The standard InChI is InChI=1S/C26H24N2OS/c29-26(25(22-10-3-1-4-11-22)23-12-5-2-6-13-23)28(17-15-24-14-8-18-30-24)20-21-9-7-16-27-19-21/h1-14,16,18-19,25H,15,17,20H2. The van der Waals surface area contributed by atoms with Crippen molar-refractivity contribution in [1.82, 2.24) is 9.88 Å². The highest BCUT2D eigenvalue weighted by Gasteiger charge is 2.27. The maximum absolute atomic E-state index is 13.9. The molecule has 0 unspecified atom stereocenters. The van der Waals surface area contributed by atoms with Gasteiger partial charge in [-0.15, -0.1) is 11.3 Å². The van der Waals surface area contributed by atoms with Crippen LogP contribution in [0, 0.1) is 0 Å². The average Bonchev–Trinajstić information content (AvgIpc) is 3.32. The zero-order valence-electron chi connectivity index (χ0n) is 16.7. The Morgan fingerprint density at radius 3 is 2.13 bits per heavy atom. The Morgan fingerprint density at radius 2 is 1.57 bits per heavy atom. The molecule has 0 bridgehead atoms. The van der Waals surface area contributed by atoms with Crippen molar-refractivity contribution in [1.29, 1.82) is 0 Å². The Bertz CT molecular complexity index is 995. The van der Waals surface area contributed by atoms with Crippen LogP contribution in [0.4, 0.5) is 0 Å². The van der Waals surface area contributed by atoms with E-state index in [0.29, 0.717) is 13.1 Å². The van der Waals surface area contributed by atoms with Crippen molar-refractivity contribution in [3.63, 3.8) is 0 Å². The van der Waals surface area contributed by atoms with E-state index in [1.165, 1.54) is 4.88 Å². The van der Waals surface area contributed by atoms with Crippen LogP contribution >= 0.6 is 11.3 Å². The lowest BCUT2D eigenvalue weighted by Crippen LogP contribution is -2.36. The minimum Gasteiger partial charge on any atom is -0.337 e. The second-order valence-electron chi connectivity index (χ2n) is 7.20. The molecule has 0 aliphatic carbocycles. The number of rotatable bonds is 8. The Hall–Kier alpha value is -3.24. The fourth-order valence-electron chi connectivity index (χ4n) is 3.63. The molecule has 0 N–H and O–H groups in total. The molecular formula is C26H24N2OS. The number of carbonyl (C=O) groups excluding carboxylic acids is 1. The molecule has 4 aromatic rings. The summed E-state index contributed by atoms with van der Waals surface area (Å²) in [6.07, 6.45) is 4.45. The Balaban J connectivity index is 1.66. The van der Waals surface area contributed by atoms with E-state index in [9.17, 15) is 4.79 Å². The van der Waals surface area contributed by atoms with Gasteiger partial charge in [-0.2, -0.15) is 0 Å². The van der Waals surface area contributed by atoms with Crippen LogP contribution in [0.3, 0.4) is 0 Å². The number of thiophene rings is 1. The zero-order chi connectivity index (χ0) is 20.6. The number of hydrogen-bond donors (Lipinski definition) is 0. The SMILES string of the molecule is O=C(C(c1ccccc1)c1ccccc1)N(CCc1cccs1)Cc1cccnc1. The van der Waals surface area contributed by atoms with E-state index in [1.54, 1.807) is 17.5 Å². The van der Waals surface area contributed by atoms with Crippen molar-refractivity contribution in [2.24, 2.45) is 0 Å². The van der Waals surface area contributed by atoms with Gasteiger partial charge < -0.3 is 4.90 Å². The van der Waals surface area contributed by atoms with Crippen molar-refractivity contribution in [3.8, 4) is 0 Å². The van der Waals surface area contributed by atoms with Gasteiger partial charge in [0, 0.05) is 30.4 Å². The number of nitrogens with zero attached hydrogens (tertiary/aromatic N) is 2. The monoisotopic (exact) mass is 412 g/mol. The lowest BCUT2D eigenvalue weighted by molar-refractivity contribution is -0.132. The first-order chi connectivity index (χ1) is 14.8. The summed E-state index contributed by atoms with van der Waals surface area (Å²) in [6.45, 7) is 1.22. The third-order valence-corrected chi connectivity index (χ3v) is 6.07. The first kappa shape index (κ1) is 20.0. The van der Waals surface area contributed by atoms with Crippen molar-refractivity contribution in [3.05, 3.63) is 124 Å². The molecule has 0 aliphatic rings. The van der Waals surface area contributed by atoms with E-state index in [2.05, 4.69) is 22.5 Å². The third kappa shape index (κ3) is 5.02. The summed E-state index contributed by atoms with van der Waals surface area (Å²) in [6, 6.07) is 28.2. The topological polar surface area (TPSA) is 33.2 Å². The van der Waals surface area contributed by atoms with E-state index in [4.69, 9.17) is 0 Å². The molecule has 0 atom stereocenters. The number of amides is 1. The van der Waals surface area contributed by atoms with Gasteiger partial charge in [0.25, 0.3) is 0 Å². The van der Waals surface area contributed by atoms with Gasteiger partial charge in [0.1, 0.15) is 0 Å². The summed E-state index contributed by atoms with van der Waals surface area (Å²) in [4.78, 5) is 21.4. The second kappa shape index (κ2) is 9.99. The molecule has 0 saturated heterocycles. The molecule has 2 aromatic carbocycles. The Morgan fingerprint density at radius 1 is 0.867 bits per heavy atom. The average molecular weight is 413 g/mol. The Labute approximate surface area is 181 Å². The summed E-state index contributed by atoms with van der Waals surface area (Å²) in [5.41, 5.74) is 3.07. The van der Waals surface area contributed by atoms with Gasteiger partial charge in [0.2, 0.25) is 5.91 Å². The van der Waals surface area contributed by atoms with Gasteiger partial charge in [-0.25, -0.2) is 0 Å². The summed E-state index contributed by atoms with van der Waals surface area (Å²) in [5.74, 6) is -0.208. The molecule has 2 heterocycles. The quantitative estimate of drug-likeness (QED) is 0.380. The lowest BCUT2D eigenvalue weighted by Gasteiger charge is -2.28. The van der Waals surface area contributed by atoms with Gasteiger partial charge in [0.05, 0.1) is 5.92 Å². The highest BCUT2D eigenvalue weighted by molar-refractivity contribution is 7.09. The van der Waals surface area contributed by atoms with Crippen molar-refractivity contribution in [2.45, 2.75) is 18.9 Å². The molecule has 0 fully saturated rings. The van der Waals surface area contributed by atoms with Crippen LogP contribution in [-0.2, 0) is 17.8 Å². The predicted octanol–water partition coefficient (Wildman–Crippen LogP) is 5.55. The minimum absolute atomic E-state index is 0.118. The summed E-state index contributed by atoms with van der Waals surface area (Å²) < 4.78 is 0. The van der Waals surface area contributed by atoms with Crippen LogP contribution in [0.25, 0.3) is 0 Å². The fraction of sp³-hybridized carbons (Fsp3) is 0.154. The van der Waals surface area contributed by atoms with Gasteiger partial charge in [-0.3, -0.25) is 9.78 Å². The van der Waals surface area contributed by atoms with E-state index in [0.717, 1.165) is 23.1 Å². The molecule has 1 amide bonds. The van der Waals surface area contributed by atoms with Crippen LogP contribution in [0.1, 0.15) is 27.5 Å². The summed E-state index contributed by atoms with van der Waals surface area (Å²) >= 11 is 1.73. The lowest BCUT2D eigenvalue weighted by atomic mass is 9.90. The minimum atomic E-state index is -0.326. The van der Waals surface area contributed by atoms with E-state index in [-0.39, 0.29) is 11.8 Å². The molecule has 3 nitrogen and oxygen atoms in total. The molecule has 150 valence electrons. The molecule has 4 heteroatoms. The second-order valence-corrected chi connectivity index (χ2v) is 8.24. The summed E-state index contributed by atoms with van der Waals surface area (Å²) in [7, 11) is 0. The normalized spacial score (nSPS) is 10.8. The van der Waals surface area contributed by atoms with Crippen LogP contribution in [0.15, 0.2) is 103 Å². The molecule has 2 aromatic heterocycles.